The minimum absolute atomic E-state index is 0.206. The van der Waals surface area contributed by atoms with Gasteiger partial charge in [-0.25, -0.2) is 4.98 Å². The lowest BCUT2D eigenvalue weighted by atomic mass is 10.2. The summed E-state index contributed by atoms with van der Waals surface area (Å²) in [6, 6.07) is 0.491. The topological polar surface area (TPSA) is 98.6 Å². The van der Waals surface area contributed by atoms with E-state index in [9.17, 15) is 0 Å². The molecule has 1 saturated carbocycles. The highest BCUT2D eigenvalue weighted by Gasteiger charge is 2.24. The van der Waals surface area contributed by atoms with Crippen molar-refractivity contribution in [3.05, 3.63) is 12.7 Å². The third kappa shape index (κ3) is 2.40. The average Bonchev–Trinajstić information content (AvgIpc) is 3.12. The number of nitrogens with two attached hydrogens (primary N) is 1. The molecule has 0 aliphatic heterocycles. The molecular weight excluding hydrogens is 256 g/mol. The summed E-state index contributed by atoms with van der Waals surface area (Å²) in [5.74, 6) is 1.23. The van der Waals surface area contributed by atoms with Crippen LogP contribution in [0.15, 0.2) is 12.7 Å². The molecule has 1 aliphatic carbocycles. The second kappa shape index (κ2) is 5.40. The van der Waals surface area contributed by atoms with Crippen molar-refractivity contribution in [2.45, 2.75) is 38.6 Å². The zero-order valence-electron chi connectivity index (χ0n) is 11.5. The molecule has 106 valence electrons. The first-order valence-corrected chi connectivity index (χ1v) is 6.91. The smallest absolute Gasteiger partial charge is 0.258 e. The molecule has 2 N–H and O–H groups in total. The molecule has 2 aromatic rings. The maximum atomic E-state index is 5.81. The summed E-state index contributed by atoms with van der Waals surface area (Å²) >= 11 is 0. The van der Waals surface area contributed by atoms with Crippen LogP contribution in [0.3, 0.4) is 0 Å². The number of nitrogen functional groups attached to an aromatic ring is 1. The van der Waals surface area contributed by atoms with Crippen molar-refractivity contribution >= 4 is 11.9 Å². The Kier molecular flexibility index (Phi) is 3.44. The first-order valence-electron chi connectivity index (χ1n) is 6.91. The van der Waals surface area contributed by atoms with E-state index in [1.165, 1.54) is 36.7 Å². The number of aromatic nitrogens is 6. The van der Waals surface area contributed by atoms with Crippen molar-refractivity contribution in [3.8, 4) is 5.95 Å². The molecule has 0 amide bonds. The molecule has 0 aromatic carbocycles. The first kappa shape index (κ1) is 12.8. The van der Waals surface area contributed by atoms with E-state index < -0.39 is 0 Å². The van der Waals surface area contributed by atoms with Crippen LogP contribution in [0.4, 0.5) is 11.9 Å². The highest BCUT2D eigenvalue weighted by molar-refractivity contribution is 5.38. The summed E-state index contributed by atoms with van der Waals surface area (Å²) < 4.78 is 1.49. The van der Waals surface area contributed by atoms with Gasteiger partial charge in [-0.15, -0.1) is 0 Å². The van der Waals surface area contributed by atoms with Gasteiger partial charge in [0.1, 0.15) is 12.7 Å². The average molecular weight is 274 g/mol. The van der Waals surface area contributed by atoms with Gasteiger partial charge in [0, 0.05) is 12.6 Å². The minimum atomic E-state index is 0.206. The van der Waals surface area contributed by atoms with Gasteiger partial charge in [-0.3, -0.25) is 0 Å². The van der Waals surface area contributed by atoms with Crippen LogP contribution in [-0.2, 0) is 0 Å². The fourth-order valence-electron chi connectivity index (χ4n) is 2.69. The van der Waals surface area contributed by atoms with Gasteiger partial charge in [0.15, 0.2) is 0 Å². The second-order valence-electron chi connectivity index (χ2n) is 4.86. The molecule has 0 unspecified atom stereocenters. The van der Waals surface area contributed by atoms with E-state index in [1.54, 1.807) is 6.33 Å². The van der Waals surface area contributed by atoms with E-state index in [1.807, 2.05) is 0 Å². The highest BCUT2D eigenvalue weighted by atomic mass is 15.4. The van der Waals surface area contributed by atoms with Crippen molar-refractivity contribution < 1.29 is 0 Å². The van der Waals surface area contributed by atoms with E-state index in [4.69, 9.17) is 5.73 Å². The molecule has 1 aliphatic rings. The van der Waals surface area contributed by atoms with Crippen molar-refractivity contribution in [1.29, 1.82) is 0 Å². The minimum Gasteiger partial charge on any atom is -0.368 e. The largest absolute Gasteiger partial charge is 0.368 e. The van der Waals surface area contributed by atoms with Crippen LogP contribution in [-0.4, -0.2) is 42.3 Å². The lowest BCUT2D eigenvalue weighted by Gasteiger charge is -2.27. The summed E-state index contributed by atoms with van der Waals surface area (Å²) in [5.41, 5.74) is 5.81. The van der Waals surface area contributed by atoms with Crippen LogP contribution in [0.25, 0.3) is 5.95 Å². The Balaban J connectivity index is 1.95. The maximum Gasteiger partial charge on any atom is 0.258 e. The molecule has 0 bridgehead atoms. The molecular formula is C12H18N8. The molecule has 0 spiro atoms. The Morgan fingerprint density at radius 2 is 2.10 bits per heavy atom. The van der Waals surface area contributed by atoms with E-state index in [2.05, 4.69) is 36.9 Å². The quantitative estimate of drug-likeness (QED) is 0.880. The molecule has 20 heavy (non-hydrogen) atoms. The maximum absolute atomic E-state index is 5.81. The van der Waals surface area contributed by atoms with Gasteiger partial charge in [-0.2, -0.15) is 24.7 Å². The summed E-state index contributed by atoms with van der Waals surface area (Å²) in [6.45, 7) is 2.96. The van der Waals surface area contributed by atoms with E-state index >= 15 is 0 Å². The van der Waals surface area contributed by atoms with Gasteiger partial charge >= 0.3 is 0 Å². The third-order valence-electron chi connectivity index (χ3n) is 3.62. The first-order chi connectivity index (χ1) is 9.78. The van der Waals surface area contributed by atoms with Crippen LogP contribution in [0, 0.1) is 0 Å². The third-order valence-corrected chi connectivity index (χ3v) is 3.62. The standard InChI is InChI=1S/C12H18N8/c1-2-19(9-5-3-4-6-9)11-16-10(13)17-12(18-11)20-8-14-7-15-20/h7-9H,2-6H2,1H3,(H2,13,16,17,18). The van der Waals surface area contributed by atoms with Crippen LogP contribution in [0.5, 0.6) is 0 Å². The normalized spacial score (nSPS) is 15.7. The molecule has 8 nitrogen and oxygen atoms in total. The highest BCUT2D eigenvalue weighted by Crippen LogP contribution is 2.26. The van der Waals surface area contributed by atoms with Crippen LogP contribution in [0.1, 0.15) is 32.6 Å². The second-order valence-corrected chi connectivity index (χ2v) is 4.86. The summed E-state index contributed by atoms with van der Waals surface area (Å²) in [6.07, 6.45) is 7.87. The van der Waals surface area contributed by atoms with E-state index in [-0.39, 0.29) is 5.95 Å². The van der Waals surface area contributed by atoms with Crippen LogP contribution < -0.4 is 10.6 Å². The van der Waals surface area contributed by atoms with E-state index in [0.717, 1.165) is 6.54 Å². The van der Waals surface area contributed by atoms with Crippen LogP contribution >= 0.6 is 0 Å². The number of anilines is 2. The van der Waals surface area contributed by atoms with Crippen molar-refractivity contribution in [2.75, 3.05) is 17.2 Å². The summed E-state index contributed by atoms with van der Waals surface area (Å²) in [4.78, 5) is 19.0. The van der Waals surface area contributed by atoms with Gasteiger partial charge in [-0.1, -0.05) is 12.8 Å². The zero-order chi connectivity index (χ0) is 13.9. The van der Waals surface area contributed by atoms with Crippen molar-refractivity contribution in [3.63, 3.8) is 0 Å². The SMILES string of the molecule is CCN(c1nc(N)nc(-n2cncn2)n1)C1CCCC1. The summed E-state index contributed by atoms with van der Waals surface area (Å²) in [7, 11) is 0. The fourth-order valence-corrected chi connectivity index (χ4v) is 2.69. The Labute approximate surface area is 117 Å². The van der Waals surface area contributed by atoms with E-state index in [0.29, 0.717) is 17.9 Å². The number of nitrogens with zero attached hydrogens (tertiary/aromatic N) is 7. The predicted molar refractivity (Wildman–Crippen MR) is 74.4 cm³/mol. The van der Waals surface area contributed by atoms with Gasteiger partial charge in [-0.05, 0) is 19.8 Å². The number of hydrogen-bond acceptors (Lipinski definition) is 7. The van der Waals surface area contributed by atoms with Crippen LogP contribution in [0.2, 0.25) is 0 Å². The monoisotopic (exact) mass is 274 g/mol. The fraction of sp³-hybridized carbons (Fsp3) is 0.583. The number of hydrogen-bond donors (Lipinski definition) is 1. The van der Waals surface area contributed by atoms with Crippen molar-refractivity contribution in [2.24, 2.45) is 0 Å². The lowest BCUT2D eigenvalue weighted by molar-refractivity contribution is 0.601. The zero-order valence-corrected chi connectivity index (χ0v) is 11.5. The molecule has 2 aromatic heterocycles. The molecule has 2 heterocycles. The number of rotatable bonds is 4. The Hall–Kier alpha value is -2.25. The molecule has 0 atom stereocenters. The molecule has 3 rings (SSSR count). The Morgan fingerprint density at radius 3 is 2.75 bits per heavy atom. The molecule has 8 heteroatoms. The van der Waals surface area contributed by atoms with Gasteiger partial charge in [0.05, 0.1) is 0 Å². The Morgan fingerprint density at radius 1 is 1.30 bits per heavy atom. The Bertz CT molecular complexity index is 561. The predicted octanol–water partition coefficient (Wildman–Crippen LogP) is 0.803. The molecule has 1 fully saturated rings. The molecule has 0 radical (unpaired) electrons. The summed E-state index contributed by atoms with van der Waals surface area (Å²) in [5, 5.41) is 4.03. The van der Waals surface area contributed by atoms with Gasteiger partial charge in [0.25, 0.3) is 5.95 Å². The molecule has 0 saturated heterocycles. The lowest BCUT2D eigenvalue weighted by Crippen LogP contribution is -2.35. The van der Waals surface area contributed by atoms with Gasteiger partial charge in [0.2, 0.25) is 11.9 Å². The van der Waals surface area contributed by atoms with Gasteiger partial charge < -0.3 is 10.6 Å². The van der Waals surface area contributed by atoms with Crippen molar-refractivity contribution in [1.82, 2.24) is 29.7 Å².